The Bertz CT molecular complexity index is 381. The number of carbonyl (C=O) groups excluding carboxylic acids is 1. The molecule has 0 aliphatic heterocycles. The lowest BCUT2D eigenvalue weighted by Gasteiger charge is -2.16. The maximum atomic E-state index is 13.0. The second-order valence-electron chi connectivity index (χ2n) is 4.11. The molecule has 1 aromatic carbocycles. The van der Waals surface area contributed by atoms with Gasteiger partial charge < -0.3 is 10.1 Å². The van der Waals surface area contributed by atoms with E-state index >= 15 is 0 Å². The van der Waals surface area contributed by atoms with Crippen molar-refractivity contribution in [3.05, 3.63) is 35.6 Å². The van der Waals surface area contributed by atoms with Crippen molar-refractivity contribution in [2.45, 2.75) is 19.9 Å². The van der Waals surface area contributed by atoms with Crippen molar-refractivity contribution in [3.8, 4) is 0 Å². The summed E-state index contributed by atoms with van der Waals surface area (Å²) in [5, 5.41) is 3.17. The number of benzene rings is 1. The topological polar surface area (TPSA) is 38.3 Å². The van der Waals surface area contributed by atoms with E-state index in [-0.39, 0.29) is 23.7 Å². The van der Waals surface area contributed by atoms with Gasteiger partial charge in [0.1, 0.15) is 5.82 Å². The lowest BCUT2D eigenvalue weighted by atomic mass is 10.1. The fourth-order valence-corrected chi connectivity index (χ4v) is 1.53. The van der Waals surface area contributed by atoms with Gasteiger partial charge in [0.15, 0.2) is 0 Å². The smallest absolute Gasteiger partial charge is 0.309 e. The molecular formula is C13H18FNO2. The fraction of sp³-hybridized carbons (Fsp3) is 0.462. The number of hydrogen-bond acceptors (Lipinski definition) is 3. The first-order valence-electron chi connectivity index (χ1n) is 5.61. The Hall–Kier alpha value is -1.42. The second kappa shape index (κ2) is 6.35. The molecule has 94 valence electrons. The second-order valence-corrected chi connectivity index (χ2v) is 4.11. The minimum atomic E-state index is -0.253. The first kappa shape index (κ1) is 13.6. The van der Waals surface area contributed by atoms with Crippen LogP contribution in [-0.4, -0.2) is 19.6 Å². The molecule has 1 unspecified atom stereocenters. The van der Waals surface area contributed by atoms with E-state index in [0.717, 1.165) is 5.56 Å². The van der Waals surface area contributed by atoms with Crippen molar-refractivity contribution >= 4 is 5.97 Å². The van der Waals surface area contributed by atoms with Gasteiger partial charge in [-0.05, 0) is 24.6 Å². The molecule has 0 amide bonds. The molecule has 0 saturated heterocycles. The Morgan fingerprint density at radius 3 is 2.76 bits per heavy atom. The zero-order chi connectivity index (χ0) is 12.8. The highest BCUT2D eigenvalue weighted by Gasteiger charge is 2.14. The standard InChI is InChI=1S/C13H18FNO2/c1-9(13(16)17-3)8-15-10(2)11-5-4-6-12(14)7-11/h4-7,9-10,15H,8H2,1-3H3/t9?,10-/m0/s1. The Morgan fingerprint density at radius 1 is 1.47 bits per heavy atom. The summed E-state index contributed by atoms with van der Waals surface area (Å²) in [4.78, 5) is 11.2. The number of nitrogens with one attached hydrogen (secondary N) is 1. The number of hydrogen-bond donors (Lipinski definition) is 1. The molecule has 0 saturated carbocycles. The van der Waals surface area contributed by atoms with Crippen LogP contribution in [0.3, 0.4) is 0 Å². The average molecular weight is 239 g/mol. The van der Waals surface area contributed by atoms with Crippen LogP contribution in [0.25, 0.3) is 0 Å². The van der Waals surface area contributed by atoms with Gasteiger partial charge in [0, 0.05) is 12.6 Å². The van der Waals surface area contributed by atoms with Crippen molar-refractivity contribution in [1.29, 1.82) is 0 Å². The summed E-state index contributed by atoms with van der Waals surface area (Å²) in [6.45, 7) is 4.22. The number of ether oxygens (including phenoxy) is 1. The zero-order valence-electron chi connectivity index (χ0n) is 10.4. The molecule has 1 rings (SSSR count). The number of methoxy groups -OCH3 is 1. The summed E-state index contributed by atoms with van der Waals surface area (Å²) >= 11 is 0. The predicted molar refractivity (Wildman–Crippen MR) is 64.0 cm³/mol. The van der Waals surface area contributed by atoms with Gasteiger partial charge in [-0.3, -0.25) is 4.79 Å². The van der Waals surface area contributed by atoms with Crippen LogP contribution in [0.4, 0.5) is 4.39 Å². The van der Waals surface area contributed by atoms with Crippen molar-refractivity contribution in [2.75, 3.05) is 13.7 Å². The average Bonchev–Trinajstić information content (AvgIpc) is 2.34. The minimum absolute atomic E-state index is 0.00203. The van der Waals surface area contributed by atoms with Crippen molar-refractivity contribution < 1.29 is 13.9 Å². The summed E-state index contributed by atoms with van der Waals surface area (Å²) < 4.78 is 17.6. The third-order valence-corrected chi connectivity index (χ3v) is 2.68. The minimum Gasteiger partial charge on any atom is -0.469 e. The Morgan fingerprint density at radius 2 is 2.18 bits per heavy atom. The lowest BCUT2D eigenvalue weighted by Crippen LogP contribution is -2.29. The highest BCUT2D eigenvalue weighted by atomic mass is 19.1. The van der Waals surface area contributed by atoms with Crippen LogP contribution in [0.15, 0.2) is 24.3 Å². The Labute approximate surface area is 101 Å². The molecule has 0 aliphatic rings. The van der Waals surface area contributed by atoms with Gasteiger partial charge in [-0.2, -0.15) is 0 Å². The summed E-state index contributed by atoms with van der Waals surface area (Å²) in [7, 11) is 1.37. The van der Waals surface area contributed by atoms with E-state index in [4.69, 9.17) is 0 Å². The van der Waals surface area contributed by atoms with Crippen molar-refractivity contribution in [2.24, 2.45) is 5.92 Å². The van der Waals surface area contributed by atoms with Crippen LogP contribution in [0.1, 0.15) is 25.5 Å². The number of carbonyl (C=O) groups is 1. The molecule has 2 atom stereocenters. The van der Waals surface area contributed by atoms with Crippen LogP contribution >= 0.6 is 0 Å². The molecule has 0 aromatic heterocycles. The third kappa shape index (κ3) is 4.15. The molecule has 1 N–H and O–H groups in total. The summed E-state index contributed by atoms with van der Waals surface area (Å²) in [5.74, 6) is -0.711. The Balaban J connectivity index is 2.50. The lowest BCUT2D eigenvalue weighted by molar-refractivity contribution is -0.144. The maximum Gasteiger partial charge on any atom is 0.309 e. The van der Waals surface area contributed by atoms with E-state index in [2.05, 4.69) is 10.1 Å². The van der Waals surface area contributed by atoms with Crippen LogP contribution in [-0.2, 0) is 9.53 Å². The number of halogens is 1. The van der Waals surface area contributed by atoms with Gasteiger partial charge in [-0.1, -0.05) is 19.1 Å². The van der Waals surface area contributed by atoms with E-state index in [9.17, 15) is 9.18 Å². The zero-order valence-corrected chi connectivity index (χ0v) is 10.4. The van der Waals surface area contributed by atoms with Gasteiger partial charge in [0.05, 0.1) is 13.0 Å². The van der Waals surface area contributed by atoms with Gasteiger partial charge in [-0.15, -0.1) is 0 Å². The summed E-state index contributed by atoms with van der Waals surface area (Å²) in [6.07, 6.45) is 0. The van der Waals surface area contributed by atoms with Gasteiger partial charge in [0.25, 0.3) is 0 Å². The van der Waals surface area contributed by atoms with Gasteiger partial charge >= 0.3 is 5.97 Å². The van der Waals surface area contributed by atoms with Crippen LogP contribution in [0.2, 0.25) is 0 Å². The number of esters is 1. The van der Waals surface area contributed by atoms with E-state index in [1.807, 2.05) is 13.0 Å². The SMILES string of the molecule is COC(=O)C(C)CN[C@@H](C)c1cccc(F)c1. The molecule has 3 nitrogen and oxygen atoms in total. The quantitative estimate of drug-likeness (QED) is 0.801. The molecule has 1 aromatic rings. The largest absolute Gasteiger partial charge is 0.469 e. The summed E-state index contributed by atoms with van der Waals surface area (Å²) in [6, 6.07) is 6.42. The molecule has 17 heavy (non-hydrogen) atoms. The van der Waals surface area contributed by atoms with E-state index < -0.39 is 0 Å². The normalized spacial score (nSPS) is 14.1. The third-order valence-electron chi connectivity index (χ3n) is 2.68. The summed E-state index contributed by atoms with van der Waals surface area (Å²) in [5.41, 5.74) is 0.863. The highest BCUT2D eigenvalue weighted by molar-refractivity contribution is 5.72. The van der Waals surface area contributed by atoms with Crippen LogP contribution in [0, 0.1) is 11.7 Å². The predicted octanol–water partition coefficient (Wildman–Crippen LogP) is 2.29. The molecule has 4 heteroatoms. The molecule has 0 spiro atoms. The molecular weight excluding hydrogens is 221 g/mol. The first-order chi connectivity index (χ1) is 8.04. The molecule has 0 aliphatic carbocycles. The van der Waals surface area contributed by atoms with E-state index in [1.165, 1.54) is 19.2 Å². The first-order valence-corrected chi connectivity index (χ1v) is 5.61. The number of rotatable bonds is 5. The van der Waals surface area contributed by atoms with Crippen molar-refractivity contribution in [3.63, 3.8) is 0 Å². The monoisotopic (exact) mass is 239 g/mol. The fourth-order valence-electron chi connectivity index (χ4n) is 1.53. The van der Waals surface area contributed by atoms with E-state index in [0.29, 0.717) is 6.54 Å². The highest BCUT2D eigenvalue weighted by Crippen LogP contribution is 2.13. The molecule has 0 heterocycles. The van der Waals surface area contributed by atoms with Crippen LogP contribution < -0.4 is 5.32 Å². The van der Waals surface area contributed by atoms with E-state index in [1.54, 1.807) is 13.0 Å². The van der Waals surface area contributed by atoms with Gasteiger partial charge in [0.2, 0.25) is 0 Å². The molecule has 0 radical (unpaired) electrons. The molecule has 0 fully saturated rings. The van der Waals surface area contributed by atoms with Crippen molar-refractivity contribution in [1.82, 2.24) is 5.32 Å². The van der Waals surface area contributed by atoms with Crippen LogP contribution in [0.5, 0.6) is 0 Å². The molecule has 0 bridgehead atoms. The maximum absolute atomic E-state index is 13.0. The van der Waals surface area contributed by atoms with Gasteiger partial charge in [-0.25, -0.2) is 4.39 Å². The Kier molecular flexibility index (Phi) is 5.10.